The van der Waals surface area contributed by atoms with E-state index < -0.39 is 0 Å². The number of hydrogen-bond donors (Lipinski definition) is 0. The van der Waals surface area contributed by atoms with Gasteiger partial charge in [0.2, 0.25) is 0 Å². The molecule has 4 aromatic rings. The zero-order chi connectivity index (χ0) is 22.7. The van der Waals surface area contributed by atoms with Gasteiger partial charge in [-0.2, -0.15) is 0 Å². The van der Waals surface area contributed by atoms with Gasteiger partial charge >= 0.3 is 5.97 Å². The molecule has 8 heteroatoms. The summed E-state index contributed by atoms with van der Waals surface area (Å²) in [6.07, 6.45) is 3.56. The highest BCUT2D eigenvalue weighted by atomic mass is 35.5. The molecule has 0 N–H and O–H groups in total. The van der Waals surface area contributed by atoms with Crippen LogP contribution in [-0.4, -0.2) is 48.2 Å². The zero-order valence-electron chi connectivity index (χ0n) is 19.6. The lowest BCUT2D eigenvalue weighted by molar-refractivity contribution is 0.0526. The first kappa shape index (κ1) is 27.2. The number of aromatic nitrogens is 2. The molecule has 0 aliphatic carbocycles. The van der Waals surface area contributed by atoms with Crippen molar-refractivity contribution in [3.8, 4) is 22.6 Å². The average molecular weight is 502 g/mol. The third-order valence-corrected chi connectivity index (χ3v) is 5.32. The van der Waals surface area contributed by atoms with Gasteiger partial charge in [-0.3, -0.25) is 4.98 Å². The summed E-state index contributed by atoms with van der Waals surface area (Å²) in [7, 11) is 5.62. The lowest BCUT2D eigenvalue weighted by Crippen LogP contribution is -2.17. The molecule has 0 radical (unpaired) electrons. The van der Waals surface area contributed by atoms with Gasteiger partial charge in [-0.15, -0.1) is 24.8 Å². The number of carbonyl (C=O) groups excluding carboxylic acids is 1. The second kappa shape index (κ2) is 11.9. The quantitative estimate of drug-likeness (QED) is 0.300. The van der Waals surface area contributed by atoms with Crippen molar-refractivity contribution in [1.29, 1.82) is 0 Å². The number of pyridine rings is 1. The van der Waals surface area contributed by atoms with Crippen LogP contribution in [0.2, 0.25) is 0 Å². The van der Waals surface area contributed by atoms with Crippen LogP contribution in [0.15, 0.2) is 67.0 Å². The summed E-state index contributed by atoms with van der Waals surface area (Å²) in [6.45, 7) is 2.70. The summed E-state index contributed by atoms with van der Waals surface area (Å²) in [5.41, 5.74) is 5.19. The van der Waals surface area contributed by atoms with Crippen molar-refractivity contribution >= 4 is 41.7 Å². The summed E-state index contributed by atoms with van der Waals surface area (Å²) in [5, 5.41) is 0.800. The van der Waals surface area contributed by atoms with Crippen LogP contribution < -0.4 is 4.74 Å². The zero-order valence-corrected chi connectivity index (χ0v) is 21.3. The lowest BCUT2D eigenvalue weighted by atomic mass is 10.0. The SMILES string of the molecule is CCOC(=O)c1c(CN(C)C)n(-c2ccccc2)c2cc(-c3cccnc3)c(OC)cc12.Cl.Cl. The Morgan fingerprint density at radius 3 is 2.38 bits per heavy atom. The third-order valence-electron chi connectivity index (χ3n) is 5.32. The van der Waals surface area contributed by atoms with E-state index >= 15 is 0 Å². The van der Waals surface area contributed by atoms with Gasteiger partial charge in [-0.25, -0.2) is 4.79 Å². The minimum Gasteiger partial charge on any atom is -0.496 e. The van der Waals surface area contributed by atoms with Gasteiger partial charge in [-0.05, 0) is 51.4 Å². The van der Waals surface area contributed by atoms with Crippen molar-refractivity contribution in [2.24, 2.45) is 0 Å². The number of benzene rings is 2. The summed E-state index contributed by atoms with van der Waals surface area (Å²) >= 11 is 0. The van der Waals surface area contributed by atoms with E-state index in [1.165, 1.54) is 0 Å². The maximum absolute atomic E-state index is 13.2. The molecule has 0 fully saturated rings. The van der Waals surface area contributed by atoms with Crippen molar-refractivity contribution < 1.29 is 14.3 Å². The van der Waals surface area contributed by atoms with E-state index in [4.69, 9.17) is 9.47 Å². The number of halogens is 2. The molecule has 0 amide bonds. The molecule has 0 unspecified atom stereocenters. The van der Waals surface area contributed by atoms with E-state index in [0.29, 0.717) is 24.5 Å². The first-order valence-corrected chi connectivity index (χ1v) is 10.6. The van der Waals surface area contributed by atoms with Gasteiger partial charge in [0.05, 0.1) is 30.5 Å². The standard InChI is InChI=1S/C26H27N3O3.2ClH/c1-5-32-26(30)25-21-15-24(31-4)20(18-10-9-13-27-16-18)14-22(21)29(23(25)17-28(2)3)19-11-7-6-8-12-19;;/h6-16H,5,17H2,1-4H3;2*1H. The predicted molar refractivity (Wildman–Crippen MR) is 141 cm³/mol. The molecule has 2 heterocycles. The summed E-state index contributed by atoms with van der Waals surface area (Å²) in [6, 6.07) is 18.0. The number of ether oxygens (including phenoxy) is 2. The van der Waals surface area contributed by atoms with Crippen molar-refractivity contribution in [1.82, 2.24) is 14.5 Å². The van der Waals surface area contributed by atoms with E-state index in [2.05, 4.69) is 20.5 Å². The summed E-state index contributed by atoms with van der Waals surface area (Å²) in [4.78, 5) is 19.5. The van der Waals surface area contributed by atoms with Gasteiger partial charge in [0.25, 0.3) is 0 Å². The molecule has 0 atom stereocenters. The number of esters is 1. The molecule has 0 aliphatic rings. The van der Waals surface area contributed by atoms with E-state index in [1.54, 1.807) is 13.3 Å². The average Bonchev–Trinajstić information content (AvgIpc) is 3.11. The molecule has 2 aromatic heterocycles. The minimum absolute atomic E-state index is 0. The Hall–Kier alpha value is -3.06. The van der Waals surface area contributed by atoms with Gasteiger partial charge < -0.3 is 18.9 Å². The molecule has 2 aromatic carbocycles. The number of para-hydroxylation sites is 1. The second-order valence-electron chi connectivity index (χ2n) is 7.76. The van der Waals surface area contributed by atoms with Crippen LogP contribution in [0.5, 0.6) is 5.75 Å². The van der Waals surface area contributed by atoms with E-state index in [9.17, 15) is 4.79 Å². The molecular weight excluding hydrogens is 473 g/mol. The first-order chi connectivity index (χ1) is 15.5. The van der Waals surface area contributed by atoms with E-state index in [1.807, 2.05) is 75.7 Å². The van der Waals surface area contributed by atoms with E-state index in [0.717, 1.165) is 33.4 Å². The Kier molecular flexibility index (Phi) is 9.50. The minimum atomic E-state index is -0.333. The highest BCUT2D eigenvalue weighted by Gasteiger charge is 2.26. The molecule has 180 valence electrons. The van der Waals surface area contributed by atoms with Gasteiger partial charge in [0.1, 0.15) is 5.75 Å². The molecule has 0 spiro atoms. The highest BCUT2D eigenvalue weighted by Crippen LogP contribution is 2.39. The summed E-state index contributed by atoms with van der Waals surface area (Å²) < 4.78 is 13.4. The molecule has 4 rings (SSSR count). The van der Waals surface area contributed by atoms with Crippen LogP contribution in [-0.2, 0) is 11.3 Å². The number of nitrogens with zero attached hydrogens (tertiary/aromatic N) is 3. The lowest BCUT2D eigenvalue weighted by Gasteiger charge is -2.16. The number of methoxy groups -OCH3 is 1. The van der Waals surface area contributed by atoms with Gasteiger partial charge in [0.15, 0.2) is 0 Å². The molecular formula is C26H29Cl2N3O3. The fourth-order valence-corrected chi connectivity index (χ4v) is 4.04. The van der Waals surface area contributed by atoms with Crippen LogP contribution in [0, 0.1) is 0 Å². The van der Waals surface area contributed by atoms with Crippen LogP contribution >= 0.6 is 24.8 Å². The largest absolute Gasteiger partial charge is 0.496 e. The Bertz CT molecular complexity index is 1240. The number of hydrogen-bond acceptors (Lipinski definition) is 5. The fraction of sp³-hybridized carbons (Fsp3) is 0.231. The topological polar surface area (TPSA) is 56.6 Å². The summed E-state index contributed by atoms with van der Waals surface area (Å²) in [5.74, 6) is 0.345. The van der Waals surface area contributed by atoms with E-state index in [-0.39, 0.29) is 30.8 Å². The smallest absolute Gasteiger partial charge is 0.340 e. The molecule has 0 saturated carbocycles. The second-order valence-corrected chi connectivity index (χ2v) is 7.76. The molecule has 6 nitrogen and oxygen atoms in total. The predicted octanol–water partition coefficient (Wildman–Crippen LogP) is 5.78. The van der Waals surface area contributed by atoms with Crippen molar-refractivity contribution in [3.05, 3.63) is 78.2 Å². The number of fused-ring (bicyclic) bond motifs is 1. The normalized spacial score (nSPS) is 10.5. The van der Waals surface area contributed by atoms with Crippen molar-refractivity contribution in [2.45, 2.75) is 13.5 Å². The molecule has 0 aliphatic heterocycles. The Morgan fingerprint density at radius 1 is 1.06 bits per heavy atom. The van der Waals surface area contributed by atoms with Crippen LogP contribution in [0.1, 0.15) is 23.0 Å². The van der Waals surface area contributed by atoms with Gasteiger partial charge in [0, 0.05) is 41.1 Å². The van der Waals surface area contributed by atoms with Crippen LogP contribution in [0.25, 0.3) is 27.7 Å². The Morgan fingerprint density at radius 2 is 1.79 bits per heavy atom. The van der Waals surface area contributed by atoms with Crippen LogP contribution in [0.3, 0.4) is 0 Å². The number of carbonyl (C=O) groups is 1. The number of rotatable bonds is 7. The highest BCUT2D eigenvalue weighted by molar-refractivity contribution is 6.08. The third kappa shape index (κ3) is 5.20. The molecule has 34 heavy (non-hydrogen) atoms. The van der Waals surface area contributed by atoms with Gasteiger partial charge in [-0.1, -0.05) is 24.3 Å². The fourth-order valence-electron chi connectivity index (χ4n) is 4.04. The van der Waals surface area contributed by atoms with Crippen molar-refractivity contribution in [2.75, 3.05) is 27.8 Å². The Balaban J connectivity index is 0.00000204. The monoisotopic (exact) mass is 501 g/mol. The first-order valence-electron chi connectivity index (χ1n) is 10.6. The molecule has 0 saturated heterocycles. The Labute approximate surface area is 212 Å². The van der Waals surface area contributed by atoms with Crippen LogP contribution in [0.4, 0.5) is 0 Å². The maximum Gasteiger partial charge on any atom is 0.340 e. The maximum atomic E-state index is 13.2. The van der Waals surface area contributed by atoms with Crippen molar-refractivity contribution in [3.63, 3.8) is 0 Å². The molecule has 0 bridgehead atoms.